The summed E-state index contributed by atoms with van der Waals surface area (Å²) in [5.74, 6) is 0.884. The maximum Gasteiger partial charge on any atom is 0.239 e. The third-order valence-corrected chi connectivity index (χ3v) is 3.12. The maximum absolute atomic E-state index is 11.6. The van der Waals surface area contributed by atoms with Gasteiger partial charge in [0.15, 0.2) is 5.65 Å². The van der Waals surface area contributed by atoms with Gasteiger partial charge in [-0.05, 0) is 13.8 Å². The molecule has 2 aromatic rings. The van der Waals surface area contributed by atoms with Crippen LogP contribution in [0.15, 0.2) is 0 Å². The molecular weight excluding hydrogens is 254 g/mol. The number of carbonyl (C=O) groups is 1. The van der Waals surface area contributed by atoms with Crippen LogP contribution in [0.1, 0.15) is 18.4 Å². The van der Waals surface area contributed by atoms with Crippen molar-refractivity contribution >= 4 is 28.7 Å². The largest absolute Gasteiger partial charge is 0.358 e. The van der Waals surface area contributed by atoms with Gasteiger partial charge in [0.2, 0.25) is 5.91 Å². The highest BCUT2D eigenvalue weighted by atomic mass is 35.5. The van der Waals surface area contributed by atoms with E-state index in [1.807, 2.05) is 23.1 Å². The molecule has 0 unspecified atom stereocenters. The van der Waals surface area contributed by atoms with E-state index in [0.29, 0.717) is 5.82 Å². The number of aromatic nitrogens is 4. The molecule has 2 rings (SSSR count). The molecule has 2 heterocycles. The predicted molar refractivity (Wildman–Crippen MR) is 69.6 cm³/mol. The summed E-state index contributed by atoms with van der Waals surface area (Å²) in [5.41, 5.74) is 2.53. The first-order valence-electron chi connectivity index (χ1n) is 5.81. The van der Waals surface area contributed by atoms with E-state index < -0.39 is 0 Å². The van der Waals surface area contributed by atoms with Gasteiger partial charge in [0.1, 0.15) is 17.9 Å². The summed E-state index contributed by atoms with van der Waals surface area (Å²) in [4.78, 5) is 16.0. The predicted octanol–water partition coefficient (Wildman–Crippen LogP) is 1.05. The molecule has 1 amide bonds. The van der Waals surface area contributed by atoms with Crippen molar-refractivity contribution in [2.75, 3.05) is 7.05 Å². The van der Waals surface area contributed by atoms with E-state index >= 15 is 0 Å². The van der Waals surface area contributed by atoms with Gasteiger partial charge in [0.25, 0.3) is 0 Å². The van der Waals surface area contributed by atoms with E-state index in [4.69, 9.17) is 11.6 Å². The molecule has 0 aromatic carbocycles. The molecule has 0 atom stereocenters. The number of likely N-dealkylation sites (N-methyl/N-ethyl adjacent to an activating group) is 1. The van der Waals surface area contributed by atoms with Crippen LogP contribution in [-0.2, 0) is 23.8 Å². The Morgan fingerprint density at radius 1 is 1.50 bits per heavy atom. The van der Waals surface area contributed by atoms with Gasteiger partial charge >= 0.3 is 0 Å². The summed E-state index contributed by atoms with van der Waals surface area (Å²) >= 11 is 5.89. The van der Waals surface area contributed by atoms with Crippen molar-refractivity contribution < 1.29 is 4.79 Å². The average Bonchev–Trinajstić information content (AvgIpc) is 2.88. The van der Waals surface area contributed by atoms with Crippen LogP contribution >= 0.6 is 11.6 Å². The molecule has 0 saturated heterocycles. The van der Waals surface area contributed by atoms with Crippen molar-refractivity contribution in [2.24, 2.45) is 0 Å². The smallest absolute Gasteiger partial charge is 0.239 e. The molecule has 0 radical (unpaired) electrons. The molecule has 18 heavy (non-hydrogen) atoms. The lowest BCUT2D eigenvalue weighted by Gasteiger charge is -2.07. The molecule has 6 nitrogen and oxygen atoms in total. The van der Waals surface area contributed by atoms with Gasteiger partial charge in [-0.15, -0.1) is 11.6 Å². The van der Waals surface area contributed by atoms with Crippen LogP contribution in [-0.4, -0.2) is 32.3 Å². The number of aryl methyl sites for hydroxylation is 2. The Hall–Kier alpha value is -1.56. The van der Waals surface area contributed by atoms with Gasteiger partial charge in [-0.1, -0.05) is 0 Å². The number of carbonyl (C=O) groups excluding carboxylic acids is 1. The van der Waals surface area contributed by atoms with Crippen molar-refractivity contribution in [1.82, 2.24) is 24.6 Å². The van der Waals surface area contributed by atoms with E-state index in [1.54, 1.807) is 7.05 Å². The van der Waals surface area contributed by atoms with E-state index in [2.05, 4.69) is 15.4 Å². The van der Waals surface area contributed by atoms with Crippen molar-refractivity contribution in [3.05, 3.63) is 11.5 Å². The standard InChI is InChI=1S/C11H16ClN5O/c1-4-17-11-10(7(2)15-17)14-8(5-12)16(11)6-9(18)13-3/h4-6H2,1-3H3,(H,13,18). The minimum absolute atomic E-state index is 0.0813. The molecule has 0 saturated carbocycles. The molecule has 0 aliphatic rings. The third-order valence-electron chi connectivity index (χ3n) is 2.88. The molecule has 7 heteroatoms. The summed E-state index contributed by atoms with van der Waals surface area (Å²) in [6, 6.07) is 0. The number of hydrogen-bond donors (Lipinski definition) is 1. The van der Waals surface area contributed by atoms with Gasteiger partial charge in [-0.2, -0.15) is 5.10 Å². The second-order valence-electron chi connectivity index (χ2n) is 3.99. The molecule has 0 fully saturated rings. The molecule has 0 spiro atoms. The highest BCUT2D eigenvalue weighted by molar-refractivity contribution is 6.16. The number of rotatable bonds is 4. The van der Waals surface area contributed by atoms with Crippen LogP contribution in [0.2, 0.25) is 0 Å². The van der Waals surface area contributed by atoms with Crippen LogP contribution in [0.25, 0.3) is 11.2 Å². The van der Waals surface area contributed by atoms with E-state index in [0.717, 1.165) is 23.4 Å². The zero-order valence-corrected chi connectivity index (χ0v) is 11.5. The van der Waals surface area contributed by atoms with Gasteiger partial charge < -0.3 is 9.88 Å². The van der Waals surface area contributed by atoms with E-state index in [-0.39, 0.29) is 18.3 Å². The zero-order chi connectivity index (χ0) is 13.3. The Labute approximate surface area is 110 Å². The summed E-state index contributed by atoms with van der Waals surface area (Å²) < 4.78 is 3.67. The molecule has 0 aliphatic carbocycles. The van der Waals surface area contributed by atoms with Gasteiger partial charge in [0.05, 0.1) is 11.6 Å². The van der Waals surface area contributed by atoms with Crippen molar-refractivity contribution in [3.8, 4) is 0 Å². The average molecular weight is 270 g/mol. The summed E-state index contributed by atoms with van der Waals surface area (Å²) in [5, 5.41) is 7.00. The lowest BCUT2D eigenvalue weighted by atomic mass is 10.4. The summed E-state index contributed by atoms with van der Waals surface area (Å²) in [6.45, 7) is 4.85. The molecule has 0 bridgehead atoms. The van der Waals surface area contributed by atoms with Gasteiger partial charge in [0, 0.05) is 13.6 Å². The molecule has 2 aromatic heterocycles. The fourth-order valence-corrected chi connectivity index (χ4v) is 2.18. The Kier molecular flexibility index (Phi) is 3.56. The lowest BCUT2D eigenvalue weighted by molar-refractivity contribution is -0.121. The van der Waals surface area contributed by atoms with Crippen LogP contribution in [0.3, 0.4) is 0 Å². The highest BCUT2D eigenvalue weighted by Crippen LogP contribution is 2.20. The number of nitrogens with one attached hydrogen (secondary N) is 1. The summed E-state index contributed by atoms with van der Waals surface area (Å²) in [6.07, 6.45) is 0. The van der Waals surface area contributed by atoms with Crippen LogP contribution < -0.4 is 5.32 Å². The zero-order valence-electron chi connectivity index (χ0n) is 10.7. The first-order valence-corrected chi connectivity index (χ1v) is 6.34. The monoisotopic (exact) mass is 269 g/mol. The lowest BCUT2D eigenvalue weighted by Crippen LogP contribution is -2.25. The minimum Gasteiger partial charge on any atom is -0.358 e. The van der Waals surface area contributed by atoms with Crippen molar-refractivity contribution in [3.63, 3.8) is 0 Å². The molecule has 98 valence electrons. The molecular formula is C11H16ClN5O. The summed E-state index contributed by atoms with van der Waals surface area (Å²) in [7, 11) is 1.61. The number of fused-ring (bicyclic) bond motifs is 1. The fourth-order valence-electron chi connectivity index (χ4n) is 1.98. The first-order chi connectivity index (χ1) is 8.62. The number of alkyl halides is 1. The number of hydrogen-bond acceptors (Lipinski definition) is 3. The van der Waals surface area contributed by atoms with Crippen molar-refractivity contribution in [2.45, 2.75) is 32.8 Å². The maximum atomic E-state index is 11.6. The Morgan fingerprint density at radius 3 is 2.78 bits per heavy atom. The normalized spacial score (nSPS) is 11.1. The minimum atomic E-state index is -0.0813. The van der Waals surface area contributed by atoms with Crippen LogP contribution in [0.4, 0.5) is 0 Å². The Bertz CT molecular complexity index is 586. The SMILES string of the molecule is CCn1nc(C)c2nc(CCl)n(CC(=O)NC)c21. The fraction of sp³-hybridized carbons (Fsp3) is 0.545. The quantitative estimate of drug-likeness (QED) is 0.844. The number of halogens is 1. The van der Waals surface area contributed by atoms with E-state index in [9.17, 15) is 4.79 Å². The van der Waals surface area contributed by atoms with Gasteiger partial charge in [-0.3, -0.25) is 4.79 Å². The topological polar surface area (TPSA) is 64.7 Å². The second kappa shape index (κ2) is 4.97. The van der Waals surface area contributed by atoms with Crippen molar-refractivity contribution in [1.29, 1.82) is 0 Å². The highest BCUT2D eigenvalue weighted by Gasteiger charge is 2.18. The Balaban J connectivity index is 2.62. The van der Waals surface area contributed by atoms with Crippen LogP contribution in [0.5, 0.6) is 0 Å². The Morgan fingerprint density at radius 2 is 2.22 bits per heavy atom. The number of amides is 1. The molecule has 0 aliphatic heterocycles. The van der Waals surface area contributed by atoms with Gasteiger partial charge in [-0.25, -0.2) is 9.67 Å². The number of nitrogens with zero attached hydrogens (tertiary/aromatic N) is 4. The molecule has 1 N–H and O–H groups in total. The number of imidazole rings is 1. The second-order valence-corrected chi connectivity index (χ2v) is 4.26. The van der Waals surface area contributed by atoms with Crippen LogP contribution in [0, 0.1) is 6.92 Å². The third kappa shape index (κ3) is 1.96. The van der Waals surface area contributed by atoms with E-state index in [1.165, 1.54) is 0 Å². The first kappa shape index (κ1) is 12.9.